The Morgan fingerprint density at radius 2 is 0.829 bits per heavy atom. The van der Waals surface area contributed by atoms with E-state index in [1.165, 1.54) is 0 Å². The lowest BCUT2D eigenvalue weighted by atomic mass is 10.1. The number of nitro groups is 4. The lowest BCUT2D eigenvalue weighted by Gasteiger charge is -2.08. The number of non-ortho nitro benzene ring substituents is 2. The van der Waals surface area contributed by atoms with Gasteiger partial charge in [0.2, 0.25) is 0 Å². The molecule has 0 saturated heterocycles. The lowest BCUT2D eigenvalue weighted by molar-refractivity contribution is -0.394. The second kappa shape index (κ2) is 16.1. The average molecular weight is 582 g/mol. The molecule has 0 aliphatic rings. The summed E-state index contributed by atoms with van der Waals surface area (Å²) in [7, 11) is 0. The number of hydrogen-bond donors (Lipinski definition) is 0. The summed E-state index contributed by atoms with van der Waals surface area (Å²) in [5.41, 5.74) is -3.48. The van der Waals surface area contributed by atoms with Crippen LogP contribution in [0.4, 0.5) is 22.7 Å². The monoisotopic (exact) mass is 582 g/mol. The molecular weight excluding hydrogens is 560 g/mol. The molecule has 0 bridgehead atoms. The molecule has 2 aromatic carbocycles. The van der Waals surface area contributed by atoms with E-state index in [1.54, 1.807) is 0 Å². The van der Waals surface area contributed by atoms with Crippen LogP contribution in [0.2, 0.25) is 0 Å². The minimum absolute atomic E-state index is 0.0509. The van der Waals surface area contributed by atoms with Crippen LogP contribution < -0.4 is 0 Å². The van der Waals surface area contributed by atoms with Crippen molar-refractivity contribution in [2.24, 2.45) is 0 Å². The Morgan fingerprint density at radius 3 is 1.12 bits per heavy atom. The normalized spacial score (nSPS) is 10.5. The van der Waals surface area contributed by atoms with Crippen LogP contribution >= 0.6 is 0 Å². The van der Waals surface area contributed by atoms with Gasteiger partial charge in [-0.1, -0.05) is 0 Å². The van der Waals surface area contributed by atoms with E-state index in [2.05, 4.69) is 0 Å². The molecule has 0 aliphatic carbocycles. The van der Waals surface area contributed by atoms with Crippen LogP contribution in [0, 0.1) is 40.5 Å². The predicted molar refractivity (Wildman–Crippen MR) is 133 cm³/mol. The Kier molecular flexibility index (Phi) is 12.6. The third-order valence-electron chi connectivity index (χ3n) is 4.88. The Labute approximate surface area is 229 Å². The standard InChI is InChI=1S/C22H22N4O15/c27-21(17-3-1-15(23(29)30)13-19(17)25(33)34)40-11-9-38-7-5-37-6-8-39-10-12-41-22(28)18-4-2-16(24(31)32)14-20(18)26(35)36/h1-4,13-14H,5-12H2. The van der Waals surface area contributed by atoms with Crippen molar-refractivity contribution in [2.45, 2.75) is 0 Å². The second-order valence-electron chi connectivity index (χ2n) is 7.54. The first-order valence-corrected chi connectivity index (χ1v) is 11.5. The molecule has 220 valence electrons. The molecule has 0 fully saturated rings. The Hall–Kier alpha value is -5.14. The topological polar surface area (TPSA) is 253 Å². The molecule has 2 rings (SSSR count). The minimum Gasteiger partial charge on any atom is -0.459 e. The van der Waals surface area contributed by atoms with Gasteiger partial charge in [0, 0.05) is 12.1 Å². The zero-order valence-electron chi connectivity index (χ0n) is 21.0. The van der Waals surface area contributed by atoms with E-state index < -0.39 is 65.5 Å². The van der Waals surface area contributed by atoms with Gasteiger partial charge in [0.05, 0.1) is 71.5 Å². The van der Waals surface area contributed by atoms with E-state index >= 15 is 0 Å². The fourth-order valence-corrected chi connectivity index (χ4v) is 3.00. The summed E-state index contributed by atoms with van der Waals surface area (Å²) in [4.78, 5) is 64.3. The maximum atomic E-state index is 12.1. The van der Waals surface area contributed by atoms with Crippen molar-refractivity contribution in [3.63, 3.8) is 0 Å². The number of hydrogen-bond acceptors (Lipinski definition) is 15. The van der Waals surface area contributed by atoms with E-state index in [9.17, 15) is 50.0 Å². The van der Waals surface area contributed by atoms with Crippen molar-refractivity contribution in [1.82, 2.24) is 0 Å². The summed E-state index contributed by atoms with van der Waals surface area (Å²) in [5, 5.41) is 43.7. The highest BCUT2D eigenvalue weighted by atomic mass is 16.6. The molecule has 19 nitrogen and oxygen atoms in total. The molecular formula is C22H22N4O15. The molecule has 0 amide bonds. The maximum absolute atomic E-state index is 12.1. The van der Waals surface area contributed by atoms with Crippen LogP contribution in [-0.4, -0.2) is 84.5 Å². The van der Waals surface area contributed by atoms with E-state index in [1.807, 2.05) is 0 Å². The molecule has 0 aromatic heterocycles. The first-order chi connectivity index (χ1) is 19.5. The number of esters is 2. The highest BCUT2D eigenvalue weighted by Gasteiger charge is 2.26. The van der Waals surface area contributed by atoms with Crippen molar-refractivity contribution < 1.29 is 53.0 Å². The summed E-state index contributed by atoms with van der Waals surface area (Å²) in [6, 6.07) is 5.09. The van der Waals surface area contributed by atoms with Gasteiger partial charge in [0.15, 0.2) is 0 Å². The van der Waals surface area contributed by atoms with Gasteiger partial charge in [0.1, 0.15) is 24.3 Å². The molecule has 0 N–H and O–H groups in total. The van der Waals surface area contributed by atoms with Gasteiger partial charge in [-0.15, -0.1) is 0 Å². The maximum Gasteiger partial charge on any atom is 0.345 e. The van der Waals surface area contributed by atoms with Crippen molar-refractivity contribution in [2.75, 3.05) is 52.9 Å². The zero-order valence-corrected chi connectivity index (χ0v) is 21.0. The summed E-state index contributed by atoms with van der Waals surface area (Å²) in [6.07, 6.45) is 0. The van der Waals surface area contributed by atoms with Crippen LogP contribution in [-0.2, 0) is 23.7 Å². The summed E-state index contributed by atoms with van der Waals surface area (Å²) < 4.78 is 25.4. The quantitative estimate of drug-likeness (QED) is 0.106. The van der Waals surface area contributed by atoms with Crippen LogP contribution in [0.15, 0.2) is 36.4 Å². The van der Waals surface area contributed by atoms with E-state index in [0.29, 0.717) is 12.1 Å². The second-order valence-corrected chi connectivity index (χ2v) is 7.54. The zero-order chi connectivity index (χ0) is 30.4. The molecule has 2 aromatic rings. The predicted octanol–water partition coefficient (Wildman–Crippen LogP) is 2.38. The summed E-state index contributed by atoms with van der Waals surface area (Å²) in [6.45, 7) is -0.0689. The molecule has 0 radical (unpaired) electrons. The third-order valence-corrected chi connectivity index (χ3v) is 4.88. The van der Waals surface area contributed by atoms with Gasteiger partial charge >= 0.3 is 11.9 Å². The van der Waals surface area contributed by atoms with Crippen LogP contribution in [0.5, 0.6) is 0 Å². The lowest BCUT2D eigenvalue weighted by Crippen LogP contribution is -2.16. The first kappa shape index (κ1) is 32.1. The highest BCUT2D eigenvalue weighted by molar-refractivity contribution is 5.95. The van der Waals surface area contributed by atoms with E-state index in [-0.39, 0.29) is 52.9 Å². The van der Waals surface area contributed by atoms with Crippen LogP contribution in [0.25, 0.3) is 0 Å². The molecule has 0 atom stereocenters. The number of benzene rings is 2. The molecule has 0 aliphatic heterocycles. The smallest absolute Gasteiger partial charge is 0.345 e. The molecule has 19 heteroatoms. The molecule has 41 heavy (non-hydrogen) atoms. The number of nitro benzene ring substituents is 4. The average Bonchev–Trinajstić information content (AvgIpc) is 2.94. The number of nitrogens with zero attached hydrogens (tertiary/aromatic N) is 4. The fourth-order valence-electron chi connectivity index (χ4n) is 3.00. The van der Waals surface area contributed by atoms with Gasteiger partial charge in [-0.05, 0) is 12.1 Å². The third kappa shape index (κ3) is 10.2. The van der Waals surface area contributed by atoms with Gasteiger partial charge < -0.3 is 23.7 Å². The molecule has 0 spiro atoms. The fraction of sp³-hybridized carbons (Fsp3) is 0.364. The largest absolute Gasteiger partial charge is 0.459 e. The summed E-state index contributed by atoms with van der Waals surface area (Å²) in [5.74, 6) is -2.08. The first-order valence-electron chi connectivity index (χ1n) is 11.5. The van der Waals surface area contributed by atoms with Crippen molar-refractivity contribution in [3.05, 3.63) is 88.0 Å². The number of carbonyl (C=O) groups excluding carboxylic acids is 2. The SMILES string of the molecule is O=C(OCCOCCOCCOCCOC(=O)c1ccc([N+](=O)[O-])cc1[N+](=O)[O-])c1ccc([N+](=O)[O-])cc1[N+](=O)[O-]. The van der Waals surface area contributed by atoms with Crippen molar-refractivity contribution >= 4 is 34.7 Å². The highest BCUT2D eigenvalue weighted by Crippen LogP contribution is 2.26. The molecule has 0 saturated carbocycles. The Bertz CT molecular complexity index is 1200. The van der Waals surface area contributed by atoms with Crippen molar-refractivity contribution in [1.29, 1.82) is 0 Å². The molecule has 0 heterocycles. The summed E-state index contributed by atoms with van der Waals surface area (Å²) >= 11 is 0. The van der Waals surface area contributed by atoms with Crippen LogP contribution in [0.3, 0.4) is 0 Å². The van der Waals surface area contributed by atoms with Gasteiger partial charge in [-0.3, -0.25) is 40.5 Å². The minimum atomic E-state index is -1.04. The van der Waals surface area contributed by atoms with E-state index in [4.69, 9.17) is 23.7 Å². The van der Waals surface area contributed by atoms with Gasteiger partial charge in [-0.2, -0.15) is 0 Å². The van der Waals surface area contributed by atoms with Crippen molar-refractivity contribution in [3.8, 4) is 0 Å². The van der Waals surface area contributed by atoms with Gasteiger partial charge in [0.25, 0.3) is 22.7 Å². The van der Waals surface area contributed by atoms with E-state index in [0.717, 1.165) is 24.3 Å². The van der Waals surface area contributed by atoms with Gasteiger partial charge in [-0.25, -0.2) is 9.59 Å². The Morgan fingerprint density at radius 1 is 0.512 bits per heavy atom. The number of rotatable bonds is 18. The number of carbonyl (C=O) groups is 2. The number of ether oxygens (including phenoxy) is 5. The van der Waals surface area contributed by atoms with Crippen LogP contribution in [0.1, 0.15) is 20.7 Å². The molecule has 0 unspecified atom stereocenters. The Balaban J connectivity index is 1.55.